The molecule has 14 heavy (non-hydrogen) atoms. The number of benzene rings is 1. The van der Waals surface area contributed by atoms with Crippen LogP contribution in [0.4, 0.5) is 8.78 Å². The van der Waals surface area contributed by atoms with E-state index in [1.807, 2.05) is 0 Å². The van der Waals surface area contributed by atoms with E-state index in [2.05, 4.69) is 22.5 Å². The predicted molar refractivity (Wildman–Crippen MR) is 55.7 cm³/mol. The van der Waals surface area contributed by atoms with Crippen LogP contribution in [0.15, 0.2) is 18.7 Å². The van der Waals surface area contributed by atoms with E-state index in [9.17, 15) is 8.78 Å². The van der Waals surface area contributed by atoms with E-state index in [0.29, 0.717) is 16.5 Å². The van der Waals surface area contributed by atoms with Crippen LogP contribution in [-0.4, -0.2) is 12.4 Å². The van der Waals surface area contributed by atoms with Gasteiger partial charge in [-0.2, -0.15) is 0 Å². The molecule has 1 nitrogen and oxygen atoms in total. The van der Waals surface area contributed by atoms with Gasteiger partial charge >= 0.3 is 0 Å². The third kappa shape index (κ3) is 2.12. The van der Waals surface area contributed by atoms with Crippen molar-refractivity contribution in [2.45, 2.75) is 0 Å². The van der Waals surface area contributed by atoms with Crippen LogP contribution in [0.5, 0.6) is 5.75 Å². The quantitative estimate of drug-likeness (QED) is 0.759. The summed E-state index contributed by atoms with van der Waals surface area (Å²) in [6.07, 6.45) is 0. The van der Waals surface area contributed by atoms with Crippen LogP contribution in [0.3, 0.4) is 0 Å². The molecule has 0 saturated heterocycles. The summed E-state index contributed by atoms with van der Waals surface area (Å²) in [6, 6.07) is 1.98. The zero-order valence-corrected chi connectivity index (χ0v) is 9.20. The molecule has 0 bridgehead atoms. The van der Waals surface area contributed by atoms with E-state index < -0.39 is 11.6 Å². The number of hydrogen-bond donors (Lipinski definition) is 0. The normalized spacial score (nSPS) is 10.0. The van der Waals surface area contributed by atoms with Gasteiger partial charge in [-0.05, 0) is 11.6 Å². The fourth-order valence-corrected chi connectivity index (χ4v) is 1.40. The first-order valence-corrected chi connectivity index (χ1v) is 4.99. The van der Waals surface area contributed by atoms with Crippen LogP contribution in [-0.2, 0) is 0 Å². The molecular weight excluding hydrogens is 254 g/mol. The van der Waals surface area contributed by atoms with Gasteiger partial charge in [0.25, 0.3) is 0 Å². The Kier molecular flexibility index (Phi) is 3.63. The van der Waals surface area contributed by atoms with Crippen LogP contribution < -0.4 is 4.74 Å². The Labute approximate surface area is 89.5 Å². The molecule has 1 aromatic carbocycles. The Balaban J connectivity index is 3.32. The smallest absolute Gasteiger partial charge is 0.168 e. The van der Waals surface area contributed by atoms with Gasteiger partial charge < -0.3 is 4.74 Å². The van der Waals surface area contributed by atoms with Crippen LogP contribution >= 0.6 is 15.9 Å². The summed E-state index contributed by atoms with van der Waals surface area (Å²) >= 11 is 3.16. The van der Waals surface area contributed by atoms with Gasteiger partial charge in [0.15, 0.2) is 11.6 Å². The minimum absolute atomic E-state index is 0.0239. The monoisotopic (exact) mass is 262 g/mol. The zero-order valence-electron chi connectivity index (χ0n) is 7.61. The summed E-state index contributed by atoms with van der Waals surface area (Å²) in [6.45, 7) is 3.67. The third-order valence-electron chi connectivity index (χ3n) is 1.75. The highest BCUT2D eigenvalue weighted by atomic mass is 79.9. The number of alkyl halides is 1. The molecule has 0 spiro atoms. The zero-order chi connectivity index (χ0) is 10.7. The van der Waals surface area contributed by atoms with E-state index in [1.54, 1.807) is 0 Å². The van der Waals surface area contributed by atoms with E-state index in [0.717, 1.165) is 6.07 Å². The summed E-state index contributed by atoms with van der Waals surface area (Å²) in [7, 11) is 1.33. The molecular formula is C10H9BrF2O. The van der Waals surface area contributed by atoms with Gasteiger partial charge in [0.1, 0.15) is 5.82 Å². The Morgan fingerprint density at radius 2 is 2.14 bits per heavy atom. The van der Waals surface area contributed by atoms with Crippen molar-refractivity contribution in [3.05, 3.63) is 35.9 Å². The highest BCUT2D eigenvalue weighted by Gasteiger charge is 2.13. The van der Waals surface area contributed by atoms with Crippen LogP contribution in [0.25, 0.3) is 5.57 Å². The molecule has 1 aromatic rings. The summed E-state index contributed by atoms with van der Waals surface area (Å²) in [4.78, 5) is 0. The number of halogens is 3. The second-order valence-corrected chi connectivity index (χ2v) is 3.27. The van der Waals surface area contributed by atoms with Crippen molar-refractivity contribution >= 4 is 21.5 Å². The molecule has 0 unspecified atom stereocenters. The largest absolute Gasteiger partial charge is 0.493 e. The second-order valence-electron chi connectivity index (χ2n) is 2.71. The molecule has 0 aliphatic heterocycles. The van der Waals surface area contributed by atoms with Crippen LogP contribution in [0, 0.1) is 11.6 Å². The molecule has 0 aliphatic carbocycles. The van der Waals surface area contributed by atoms with Gasteiger partial charge in [0.05, 0.1) is 7.11 Å². The van der Waals surface area contributed by atoms with Crippen molar-refractivity contribution < 1.29 is 13.5 Å². The van der Waals surface area contributed by atoms with Crippen molar-refractivity contribution in [1.29, 1.82) is 0 Å². The fourth-order valence-electron chi connectivity index (χ4n) is 1.10. The average Bonchev–Trinajstić information content (AvgIpc) is 2.15. The van der Waals surface area contributed by atoms with Crippen molar-refractivity contribution in [1.82, 2.24) is 0 Å². The third-order valence-corrected chi connectivity index (χ3v) is 2.43. The molecule has 0 fully saturated rings. The standard InChI is InChI=1S/C10H9BrF2O/c1-6(5-11)8-3-7(12)4-9(13)10(8)14-2/h3-4H,1,5H2,2H3. The van der Waals surface area contributed by atoms with Crippen molar-refractivity contribution in [3.8, 4) is 5.75 Å². The Bertz CT molecular complexity index is 363. The van der Waals surface area contributed by atoms with Crippen molar-refractivity contribution in [2.75, 3.05) is 12.4 Å². The molecule has 0 heterocycles. The minimum Gasteiger partial charge on any atom is -0.493 e. The Morgan fingerprint density at radius 1 is 1.50 bits per heavy atom. The number of ether oxygens (including phenoxy) is 1. The highest BCUT2D eigenvalue weighted by Crippen LogP contribution is 2.29. The predicted octanol–water partition coefficient (Wildman–Crippen LogP) is 3.38. The molecule has 0 amide bonds. The number of hydrogen-bond acceptors (Lipinski definition) is 1. The maximum Gasteiger partial charge on any atom is 0.168 e. The maximum atomic E-state index is 13.2. The van der Waals surface area contributed by atoms with Gasteiger partial charge in [-0.3, -0.25) is 0 Å². The van der Waals surface area contributed by atoms with Crippen molar-refractivity contribution in [2.24, 2.45) is 0 Å². The van der Waals surface area contributed by atoms with E-state index in [1.165, 1.54) is 13.2 Å². The van der Waals surface area contributed by atoms with E-state index >= 15 is 0 Å². The van der Waals surface area contributed by atoms with Gasteiger partial charge in [0, 0.05) is 17.0 Å². The number of methoxy groups -OCH3 is 1. The van der Waals surface area contributed by atoms with E-state index in [-0.39, 0.29) is 5.75 Å². The van der Waals surface area contributed by atoms with Crippen LogP contribution in [0.2, 0.25) is 0 Å². The molecule has 0 saturated carbocycles. The lowest BCUT2D eigenvalue weighted by atomic mass is 10.1. The number of allylic oxidation sites excluding steroid dienone is 1. The molecule has 0 atom stereocenters. The Hall–Kier alpha value is -0.900. The first-order valence-electron chi connectivity index (χ1n) is 3.87. The summed E-state index contributed by atoms with van der Waals surface area (Å²) in [5.74, 6) is -1.33. The SMILES string of the molecule is C=C(CBr)c1cc(F)cc(F)c1OC. The molecule has 76 valence electrons. The Morgan fingerprint density at radius 3 is 2.64 bits per heavy atom. The molecule has 0 N–H and O–H groups in total. The molecule has 0 radical (unpaired) electrons. The first kappa shape index (κ1) is 11.2. The van der Waals surface area contributed by atoms with Gasteiger partial charge in [-0.15, -0.1) is 0 Å². The fraction of sp³-hybridized carbons (Fsp3) is 0.200. The van der Waals surface area contributed by atoms with E-state index in [4.69, 9.17) is 4.74 Å². The maximum absolute atomic E-state index is 13.2. The average molecular weight is 263 g/mol. The lowest BCUT2D eigenvalue weighted by molar-refractivity contribution is 0.382. The highest BCUT2D eigenvalue weighted by molar-refractivity contribution is 9.09. The van der Waals surface area contributed by atoms with Gasteiger partial charge in [-0.1, -0.05) is 22.5 Å². The molecule has 4 heteroatoms. The topological polar surface area (TPSA) is 9.23 Å². The number of rotatable bonds is 3. The van der Waals surface area contributed by atoms with Gasteiger partial charge in [0.2, 0.25) is 0 Å². The molecule has 0 aliphatic rings. The lowest BCUT2D eigenvalue weighted by Gasteiger charge is -2.10. The summed E-state index contributed by atoms with van der Waals surface area (Å²) in [5.41, 5.74) is 0.919. The van der Waals surface area contributed by atoms with Crippen molar-refractivity contribution in [3.63, 3.8) is 0 Å². The second kappa shape index (κ2) is 4.55. The molecule has 1 rings (SSSR count). The van der Waals surface area contributed by atoms with Crippen LogP contribution in [0.1, 0.15) is 5.56 Å². The first-order chi connectivity index (χ1) is 6.60. The lowest BCUT2D eigenvalue weighted by Crippen LogP contribution is -1.96. The van der Waals surface area contributed by atoms with Gasteiger partial charge in [-0.25, -0.2) is 8.78 Å². The molecule has 0 aromatic heterocycles. The summed E-state index contributed by atoms with van der Waals surface area (Å²) in [5, 5.41) is 0.437. The summed E-state index contributed by atoms with van der Waals surface area (Å²) < 4.78 is 30.9. The minimum atomic E-state index is -0.718.